The van der Waals surface area contributed by atoms with Crippen LogP contribution in [-0.4, -0.2) is 25.7 Å². The summed E-state index contributed by atoms with van der Waals surface area (Å²) < 4.78 is 0. The molecule has 4 aliphatic rings. The zero-order valence-electron chi connectivity index (χ0n) is 19.4. The molecule has 31 heavy (non-hydrogen) atoms. The summed E-state index contributed by atoms with van der Waals surface area (Å²) in [6, 6.07) is 9.06. The van der Waals surface area contributed by atoms with E-state index in [0.29, 0.717) is 35.7 Å². The van der Waals surface area contributed by atoms with Crippen LogP contribution in [0, 0.1) is 23.2 Å². The van der Waals surface area contributed by atoms with Crippen LogP contribution < -0.4 is 4.90 Å². The van der Waals surface area contributed by atoms with Crippen LogP contribution in [0.2, 0.25) is 0 Å². The van der Waals surface area contributed by atoms with Gasteiger partial charge in [0.15, 0.2) is 5.78 Å². The third-order valence-corrected chi connectivity index (χ3v) is 9.03. The topological polar surface area (TPSA) is 37.4 Å². The molecule has 0 aliphatic heterocycles. The predicted octanol–water partition coefficient (Wildman–Crippen LogP) is 5.86. The maximum Gasteiger partial charge on any atom is 0.156 e. The fourth-order valence-electron chi connectivity index (χ4n) is 7.63. The highest BCUT2D eigenvalue weighted by Crippen LogP contribution is 2.65. The van der Waals surface area contributed by atoms with E-state index in [1.54, 1.807) is 5.57 Å². The molecule has 3 nitrogen and oxygen atoms in total. The first-order valence-corrected chi connectivity index (χ1v) is 12.0. The third-order valence-electron chi connectivity index (χ3n) is 9.03. The number of carbonyl (C=O) groups is 2. The molecule has 5 atom stereocenters. The molecule has 4 aliphatic carbocycles. The summed E-state index contributed by atoms with van der Waals surface area (Å²) in [6.07, 6.45) is 8.93. The number of anilines is 1. The van der Waals surface area contributed by atoms with E-state index in [1.807, 2.05) is 13.0 Å². The molecule has 2 saturated carbocycles. The van der Waals surface area contributed by atoms with Crippen molar-refractivity contribution in [3.8, 4) is 0 Å². The first-order chi connectivity index (χ1) is 14.8. The molecule has 2 fully saturated rings. The van der Waals surface area contributed by atoms with Gasteiger partial charge in [0.05, 0.1) is 0 Å². The van der Waals surface area contributed by atoms with Crippen molar-refractivity contribution >= 4 is 17.3 Å². The molecule has 4 unspecified atom stereocenters. The van der Waals surface area contributed by atoms with Gasteiger partial charge in [0.2, 0.25) is 0 Å². The van der Waals surface area contributed by atoms with Gasteiger partial charge in [-0.15, -0.1) is 0 Å². The van der Waals surface area contributed by atoms with Crippen LogP contribution in [0.4, 0.5) is 5.69 Å². The van der Waals surface area contributed by atoms with Gasteiger partial charge in [0.1, 0.15) is 5.78 Å². The van der Waals surface area contributed by atoms with E-state index in [9.17, 15) is 9.59 Å². The van der Waals surface area contributed by atoms with Crippen molar-refractivity contribution in [2.75, 3.05) is 19.0 Å². The lowest BCUT2D eigenvalue weighted by Gasteiger charge is -2.52. The Kier molecular flexibility index (Phi) is 4.99. The lowest BCUT2D eigenvalue weighted by atomic mass is 9.51. The van der Waals surface area contributed by atoms with E-state index in [1.165, 1.54) is 28.8 Å². The van der Waals surface area contributed by atoms with Crippen LogP contribution in [0.5, 0.6) is 0 Å². The number of Topliss-reactive ketones (excluding diaryl/α,β-unsaturated/α-hetero) is 1. The summed E-state index contributed by atoms with van der Waals surface area (Å²) in [5.41, 5.74) is 7.09. The van der Waals surface area contributed by atoms with Crippen LogP contribution >= 0.6 is 0 Å². The first kappa shape index (κ1) is 20.7. The Labute approximate surface area is 186 Å². The summed E-state index contributed by atoms with van der Waals surface area (Å²) in [5, 5.41) is 0. The van der Waals surface area contributed by atoms with E-state index in [4.69, 9.17) is 0 Å². The van der Waals surface area contributed by atoms with Gasteiger partial charge in [-0.1, -0.05) is 24.6 Å². The molecule has 0 aromatic heterocycles. The molecule has 0 amide bonds. The highest BCUT2D eigenvalue weighted by Gasteiger charge is 2.57. The number of carbonyl (C=O) groups excluding carboxylic acids is 2. The molecule has 0 bridgehead atoms. The van der Waals surface area contributed by atoms with Gasteiger partial charge in [-0.25, -0.2) is 0 Å². The van der Waals surface area contributed by atoms with E-state index in [-0.39, 0.29) is 11.3 Å². The third kappa shape index (κ3) is 3.23. The van der Waals surface area contributed by atoms with Crippen molar-refractivity contribution in [3.05, 3.63) is 52.6 Å². The molecule has 164 valence electrons. The Morgan fingerprint density at radius 1 is 1.03 bits per heavy atom. The Hall–Kier alpha value is -2.16. The molecule has 3 heteroatoms. The standard InChI is InChI=1S/C28H35NO2/c1-17(30)25-13-14-26-23-11-7-19-15-21(31)10-12-22(19)27(23)24(16-28(25,26)2)18-5-8-20(9-6-18)29(3)4/h5-6,8-9,15,23-26H,7,10-14,16H2,1-4H3/t23?,24?,25-,26?,28?/m1/s1. The van der Waals surface area contributed by atoms with Gasteiger partial charge in [0.25, 0.3) is 0 Å². The van der Waals surface area contributed by atoms with E-state index < -0.39 is 0 Å². The smallest absolute Gasteiger partial charge is 0.156 e. The van der Waals surface area contributed by atoms with Crippen LogP contribution in [-0.2, 0) is 9.59 Å². The van der Waals surface area contributed by atoms with Crippen LogP contribution in [0.3, 0.4) is 0 Å². The van der Waals surface area contributed by atoms with Crippen molar-refractivity contribution in [1.82, 2.24) is 0 Å². The molecule has 5 rings (SSSR count). The summed E-state index contributed by atoms with van der Waals surface area (Å²) in [4.78, 5) is 26.9. The highest BCUT2D eigenvalue weighted by atomic mass is 16.1. The summed E-state index contributed by atoms with van der Waals surface area (Å²) in [7, 11) is 4.16. The Bertz CT molecular complexity index is 983. The van der Waals surface area contributed by atoms with Crippen LogP contribution in [0.25, 0.3) is 0 Å². The maximum absolute atomic E-state index is 12.6. The minimum atomic E-state index is 0.0805. The largest absolute Gasteiger partial charge is 0.378 e. The minimum Gasteiger partial charge on any atom is -0.378 e. The molecule has 1 aromatic carbocycles. The number of benzene rings is 1. The highest BCUT2D eigenvalue weighted by molar-refractivity contribution is 5.93. The Morgan fingerprint density at radius 2 is 1.77 bits per heavy atom. The quantitative estimate of drug-likeness (QED) is 0.618. The number of hydrogen-bond acceptors (Lipinski definition) is 3. The first-order valence-electron chi connectivity index (χ1n) is 12.0. The average Bonchev–Trinajstić information content (AvgIpc) is 3.10. The summed E-state index contributed by atoms with van der Waals surface area (Å²) >= 11 is 0. The van der Waals surface area contributed by atoms with Crippen molar-refractivity contribution in [2.45, 2.75) is 64.7 Å². The SMILES string of the molecule is CC(=O)[C@H]1CCC2C3CCC4=CC(=O)CCC4=C3C(c3ccc(N(C)C)cc3)CC21C. The second-order valence-electron chi connectivity index (χ2n) is 10.8. The number of nitrogens with zero attached hydrogens (tertiary/aromatic N) is 1. The fourth-order valence-corrected chi connectivity index (χ4v) is 7.63. The second kappa shape index (κ2) is 7.46. The zero-order valence-corrected chi connectivity index (χ0v) is 19.4. The normalized spacial score (nSPS) is 34.6. The van der Waals surface area contributed by atoms with Crippen molar-refractivity contribution in [1.29, 1.82) is 0 Å². The molecule has 0 heterocycles. The van der Waals surface area contributed by atoms with Crippen molar-refractivity contribution < 1.29 is 9.59 Å². The fraction of sp³-hybridized carbons (Fsp3) is 0.571. The Balaban J connectivity index is 1.65. The average molecular weight is 418 g/mol. The van der Waals surface area contributed by atoms with Gasteiger partial charge < -0.3 is 4.90 Å². The lowest BCUT2D eigenvalue weighted by Crippen LogP contribution is -2.44. The van der Waals surface area contributed by atoms with Crippen LogP contribution in [0.15, 0.2) is 47.1 Å². The maximum atomic E-state index is 12.6. The molecule has 0 spiro atoms. The van der Waals surface area contributed by atoms with E-state index >= 15 is 0 Å². The molecular weight excluding hydrogens is 382 g/mol. The van der Waals surface area contributed by atoms with Crippen molar-refractivity contribution in [2.24, 2.45) is 23.2 Å². The number of fused-ring (bicyclic) bond motifs is 4. The monoisotopic (exact) mass is 417 g/mol. The minimum absolute atomic E-state index is 0.0805. The molecule has 1 aromatic rings. The van der Waals surface area contributed by atoms with E-state index in [2.05, 4.69) is 50.2 Å². The summed E-state index contributed by atoms with van der Waals surface area (Å²) in [6.45, 7) is 4.22. The lowest BCUT2D eigenvalue weighted by molar-refractivity contribution is -0.125. The molecule has 0 saturated heterocycles. The zero-order chi connectivity index (χ0) is 21.9. The molecular formula is C28H35NO2. The van der Waals surface area contributed by atoms with E-state index in [0.717, 1.165) is 32.1 Å². The Morgan fingerprint density at radius 3 is 2.45 bits per heavy atom. The van der Waals surface area contributed by atoms with Crippen LogP contribution in [0.1, 0.15) is 70.3 Å². The number of ketones is 2. The predicted molar refractivity (Wildman–Crippen MR) is 125 cm³/mol. The summed E-state index contributed by atoms with van der Waals surface area (Å²) in [5.74, 6) is 2.37. The number of hydrogen-bond donors (Lipinski definition) is 0. The second-order valence-corrected chi connectivity index (χ2v) is 10.8. The van der Waals surface area contributed by atoms with Gasteiger partial charge in [-0.2, -0.15) is 0 Å². The number of rotatable bonds is 3. The van der Waals surface area contributed by atoms with Crippen molar-refractivity contribution in [3.63, 3.8) is 0 Å². The van der Waals surface area contributed by atoms with Gasteiger partial charge in [-0.3, -0.25) is 9.59 Å². The van der Waals surface area contributed by atoms with Gasteiger partial charge >= 0.3 is 0 Å². The van der Waals surface area contributed by atoms with Gasteiger partial charge in [0, 0.05) is 38.0 Å². The molecule has 0 N–H and O–H groups in total. The number of allylic oxidation sites excluding steroid dienone is 4. The molecule has 0 radical (unpaired) electrons. The van der Waals surface area contributed by atoms with Gasteiger partial charge in [-0.05, 0) is 97.6 Å².